The van der Waals surface area contributed by atoms with E-state index in [0.717, 1.165) is 38.9 Å². The van der Waals surface area contributed by atoms with Gasteiger partial charge in [-0.05, 0) is 33.5 Å². The first-order chi connectivity index (χ1) is 7.65. The number of aldehydes is 1. The molecule has 0 aliphatic carbocycles. The molecule has 0 radical (unpaired) electrons. The lowest BCUT2D eigenvalue weighted by Crippen LogP contribution is -2.40. The lowest BCUT2D eigenvalue weighted by Gasteiger charge is -2.27. The zero-order valence-corrected chi connectivity index (χ0v) is 10.3. The first-order valence-corrected chi connectivity index (χ1v) is 6.08. The number of likely N-dealkylation sites (tertiary alicyclic amines) is 1. The molecular weight excluding hydrogens is 204 g/mol. The third-order valence-corrected chi connectivity index (χ3v) is 3.90. The van der Waals surface area contributed by atoms with E-state index in [9.17, 15) is 4.79 Å². The Morgan fingerprint density at radius 1 is 1.56 bits per heavy atom. The van der Waals surface area contributed by atoms with Crippen LogP contribution in [0.3, 0.4) is 0 Å². The predicted molar refractivity (Wildman–Crippen MR) is 62.5 cm³/mol. The highest BCUT2D eigenvalue weighted by Crippen LogP contribution is 2.29. The maximum absolute atomic E-state index is 11.2. The summed E-state index contributed by atoms with van der Waals surface area (Å²) >= 11 is 0. The fourth-order valence-corrected chi connectivity index (χ4v) is 2.70. The molecule has 4 heteroatoms. The van der Waals surface area contributed by atoms with Crippen LogP contribution in [0.4, 0.5) is 0 Å². The molecule has 0 aromatic rings. The van der Waals surface area contributed by atoms with E-state index in [1.165, 1.54) is 6.42 Å². The summed E-state index contributed by atoms with van der Waals surface area (Å²) in [6.45, 7) is 4.42. The summed E-state index contributed by atoms with van der Waals surface area (Å²) in [6, 6.07) is 0.644. The number of rotatable bonds is 4. The van der Waals surface area contributed by atoms with Gasteiger partial charge in [-0.2, -0.15) is 0 Å². The molecule has 0 spiro atoms. The van der Waals surface area contributed by atoms with Crippen LogP contribution in [0.5, 0.6) is 0 Å². The van der Waals surface area contributed by atoms with Crippen molar-refractivity contribution in [2.75, 3.05) is 46.9 Å². The van der Waals surface area contributed by atoms with Crippen molar-refractivity contribution < 1.29 is 9.53 Å². The monoisotopic (exact) mass is 226 g/mol. The lowest BCUT2D eigenvalue weighted by atomic mass is 9.89. The van der Waals surface area contributed by atoms with Crippen LogP contribution in [0.15, 0.2) is 0 Å². The smallest absolute Gasteiger partial charge is 0.129 e. The molecule has 2 aliphatic rings. The number of hydrogen-bond acceptors (Lipinski definition) is 4. The van der Waals surface area contributed by atoms with E-state index in [2.05, 4.69) is 23.9 Å². The fraction of sp³-hybridized carbons (Fsp3) is 0.917. The minimum atomic E-state index is -0.221. The van der Waals surface area contributed by atoms with Crippen LogP contribution in [-0.2, 0) is 9.53 Å². The molecule has 0 aromatic carbocycles. The van der Waals surface area contributed by atoms with E-state index in [1.54, 1.807) is 0 Å². The second-order valence-corrected chi connectivity index (χ2v) is 5.42. The molecule has 16 heavy (non-hydrogen) atoms. The molecule has 2 unspecified atom stereocenters. The minimum absolute atomic E-state index is 0.221. The Bertz CT molecular complexity index is 249. The van der Waals surface area contributed by atoms with E-state index in [4.69, 9.17) is 4.74 Å². The van der Waals surface area contributed by atoms with E-state index in [0.29, 0.717) is 12.6 Å². The SMILES string of the molecule is CN(C)C1CCN(CC2(C=O)CCOC2)C1. The van der Waals surface area contributed by atoms with Crippen molar-refractivity contribution in [2.45, 2.75) is 18.9 Å². The van der Waals surface area contributed by atoms with Gasteiger partial charge >= 0.3 is 0 Å². The quantitative estimate of drug-likeness (QED) is 0.642. The molecule has 0 saturated carbocycles. The van der Waals surface area contributed by atoms with Crippen molar-refractivity contribution >= 4 is 6.29 Å². The van der Waals surface area contributed by atoms with Gasteiger partial charge in [0.1, 0.15) is 6.29 Å². The van der Waals surface area contributed by atoms with Gasteiger partial charge in [-0.15, -0.1) is 0 Å². The van der Waals surface area contributed by atoms with Gasteiger partial charge in [0, 0.05) is 25.7 Å². The highest BCUT2D eigenvalue weighted by molar-refractivity contribution is 5.60. The molecule has 92 valence electrons. The molecule has 2 atom stereocenters. The summed E-state index contributed by atoms with van der Waals surface area (Å²) in [7, 11) is 4.25. The molecule has 2 fully saturated rings. The highest BCUT2D eigenvalue weighted by Gasteiger charge is 2.38. The molecule has 2 saturated heterocycles. The largest absolute Gasteiger partial charge is 0.380 e. The van der Waals surface area contributed by atoms with E-state index in [-0.39, 0.29) is 5.41 Å². The Hall–Kier alpha value is -0.450. The summed E-state index contributed by atoms with van der Waals surface area (Å²) in [5, 5.41) is 0. The van der Waals surface area contributed by atoms with Gasteiger partial charge in [-0.1, -0.05) is 0 Å². The van der Waals surface area contributed by atoms with Crippen molar-refractivity contribution in [2.24, 2.45) is 5.41 Å². The molecular formula is C12H22N2O2. The van der Waals surface area contributed by atoms with Gasteiger partial charge in [0.25, 0.3) is 0 Å². The lowest BCUT2D eigenvalue weighted by molar-refractivity contribution is -0.117. The van der Waals surface area contributed by atoms with E-state index >= 15 is 0 Å². The topological polar surface area (TPSA) is 32.8 Å². The van der Waals surface area contributed by atoms with Crippen LogP contribution in [0.1, 0.15) is 12.8 Å². The highest BCUT2D eigenvalue weighted by atomic mass is 16.5. The predicted octanol–water partition coefficient (Wildman–Crippen LogP) is 0.228. The molecule has 2 aliphatic heterocycles. The first-order valence-electron chi connectivity index (χ1n) is 6.08. The summed E-state index contributed by atoms with van der Waals surface area (Å²) in [5.41, 5.74) is -0.221. The standard InChI is InChI=1S/C12H22N2O2/c1-13(2)11-3-5-14(7-11)8-12(9-15)4-6-16-10-12/h9,11H,3-8,10H2,1-2H3. The van der Waals surface area contributed by atoms with Crippen molar-refractivity contribution in [3.8, 4) is 0 Å². The maximum Gasteiger partial charge on any atom is 0.129 e. The zero-order valence-electron chi connectivity index (χ0n) is 10.3. The van der Waals surface area contributed by atoms with Crippen LogP contribution in [0.2, 0.25) is 0 Å². The normalized spacial score (nSPS) is 36.1. The number of likely N-dealkylation sites (N-methyl/N-ethyl adjacent to an activating group) is 1. The van der Waals surface area contributed by atoms with Crippen LogP contribution in [0.25, 0.3) is 0 Å². The van der Waals surface area contributed by atoms with E-state index < -0.39 is 0 Å². The fourth-order valence-electron chi connectivity index (χ4n) is 2.70. The molecule has 0 amide bonds. The summed E-state index contributed by atoms with van der Waals surface area (Å²) in [4.78, 5) is 15.9. The molecule has 0 N–H and O–H groups in total. The second kappa shape index (κ2) is 4.82. The molecule has 4 nitrogen and oxygen atoms in total. The molecule has 0 bridgehead atoms. The van der Waals surface area contributed by atoms with Crippen LogP contribution in [-0.4, -0.2) is 69.1 Å². The van der Waals surface area contributed by atoms with Crippen molar-refractivity contribution in [1.82, 2.24) is 9.80 Å². The summed E-state index contributed by atoms with van der Waals surface area (Å²) in [6.07, 6.45) is 3.21. The van der Waals surface area contributed by atoms with Gasteiger partial charge in [0.15, 0.2) is 0 Å². The number of nitrogens with zero attached hydrogens (tertiary/aromatic N) is 2. The van der Waals surface area contributed by atoms with Crippen LogP contribution >= 0.6 is 0 Å². The Morgan fingerprint density at radius 2 is 2.38 bits per heavy atom. The summed E-state index contributed by atoms with van der Waals surface area (Å²) in [5.74, 6) is 0. The molecule has 2 heterocycles. The third kappa shape index (κ3) is 2.44. The van der Waals surface area contributed by atoms with Crippen molar-refractivity contribution in [1.29, 1.82) is 0 Å². The van der Waals surface area contributed by atoms with Gasteiger partial charge < -0.3 is 19.3 Å². The average Bonchev–Trinajstić information content (AvgIpc) is 2.88. The second-order valence-electron chi connectivity index (χ2n) is 5.42. The van der Waals surface area contributed by atoms with Gasteiger partial charge in [0.2, 0.25) is 0 Å². The van der Waals surface area contributed by atoms with Gasteiger partial charge in [-0.25, -0.2) is 0 Å². The zero-order chi connectivity index (χ0) is 11.6. The number of ether oxygens (including phenoxy) is 1. The number of carbonyl (C=O) groups is 1. The molecule has 0 aromatic heterocycles. The summed E-state index contributed by atoms with van der Waals surface area (Å²) < 4.78 is 5.37. The van der Waals surface area contributed by atoms with E-state index in [1.807, 2.05) is 0 Å². The van der Waals surface area contributed by atoms with Gasteiger partial charge in [-0.3, -0.25) is 0 Å². The third-order valence-electron chi connectivity index (χ3n) is 3.90. The Labute approximate surface area is 97.5 Å². The van der Waals surface area contributed by atoms with Crippen LogP contribution < -0.4 is 0 Å². The van der Waals surface area contributed by atoms with Crippen LogP contribution in [0, 0.1) is 5.41 Å². The first kappa shape index (κ1) is 12.0. The van der Waals surface area contributed by atoms with Gasteiger partial charge in [0.05, 0.1) is 12.0 Å². The Morgan fingerprint density at radius 3 is 2.88 bits per heavy atom. The number of hydrogen-bond donors (Lipinski definition) is 0. The Kier molecular flexibility index (Phi) is 3.62. The molecule has 2 rings (SSSR count). The van der Waals surface area contributed by atoms with Crippen molar-refractivity contribution in [3.05, 3.63) is 0 Å². The number of carbonyl (C=O) groups excluding carboxylic acids is 1. The minimum Gasteiger partial charge on any atom is -0.380 e. The Balaban J connectivity index is 1.88. The maximum atomic E-state index is 11.2. The van der Waals surface area contributed by atoms with Crippen molar-refractivity contribution in [3.63, 3.8) is 0 Å². The average molecular weight is 226 g/mol.